The number of thioether (sulfide) groups is 2. The van der Waals surface area contributed by atoms with Crippen molar-refractivity contribution >= 4 is 46.6 Å². The highest BCUT2D eigenvalue weighted by Gasteiger charge is 2.09. The minimum atomic E-state index is -0.144. The third-order valence-corrected chi connectivity index (χ3v) is 4.82. The lowest BCUT2D eigenvalue weighted by Gasteiger charge is -1.98. The molecule has 0 radical (unpaired) electrons. The second kappa shape index (κ2) is 6.21. The van der Waals surface area contributed by atoms with Crippen molar-refractivity contribution in [2.24, 2.45) is 0 Å². The van der Waals surface area contributed by atoms with Crippen LogP contribution in [0.3, 0.4) is 0 Å². The standard InChI is InChI=1S/C9H10N4O2S3/c1-5-3-6(13-15-5)10-7(14)4-17-9-12-11-8(16-2)18-9/h3H,4H2,1-2H3,(H,10,13,14). The monoisotopic (exact) mass is 302 g/mol. The first-order valence-electron chi connectivity index (χ1n) is 4.91. The molecule has 2 heterocycles. The number of anilines is 1. The number of aryl methyl sites for hydroxylation is 1. The van der Waals surface area contributed by atoms with Crippen LogP contribution in [0.5, 0.6) is 0 Å². The van der Waals surface area contributed by atoms with Crippen molar-refractivity contribution in [1.29, 1.82) is 0 Å². The molecule has 1 N–H and O–H groups in total. The van der Waals surface area contributed by atoms with E-state index in [2.05, 4.69) is 20.7 Å². The summed E-state index contributed by atoms with van der Waals surface area (Å²) in [5.74, 6) is 1.22. The van der Waals surface area contributed by atoms with Gasteiger partial charge in [-0.2, -0.15) is 0 Å². The Labute approximate surface area is 116 Å². The summed E-state index contributed by atoms with van der Waals surface area (Å²) in [6.07, 6.45) is 1.94. The molecule has 18 heavy (non-hydrogen) atoms. The Balaban J connectivity index is 1.81. The third-order valence-electron chi connectivity index (χ3n) is 1.78. The van der Waals surface area contributed by atoms with E-state index in [4.69, 9.17) is 4.52 Å². The summed E-state index contributed by atoms with van der Waals surface area (Å²) in [6, 6.07) is 1.67. The summed E-state index contributed by atoms with van der Waals surface area (Å²) >= 11 is 4.36. The van der Waals surface area contributed by atoms with E-state index in [1.165, 1.54) is 34.9 Å². The van der Waals surface area contributed by atoms with Crippen molar-refractivity contribution in [3.8, 4) is 0 Å². The molecule has 2 rings (SSSR count). The molecule has 0 fully saturated rings. The van der Waals surface area contributed by atoms with Gasteiger partial charge < -0.3 is 9.84 Å². The van der Waals surface area contributed by atoms with Crippen molar-refractivity contribution in [2.45, 2.75) is 15.6 Å². The fourth-order valence-electron chi connectivity index (χ4n) is 1.07. The summed E-state index contributed by atoms with van der Waals surface area (Å²) in [5, 5.41) is 14.2. The van der Waals surface area contributed by atoms with Gasteiger partial charge in [0, 0.05) is 6.07 Å². The van der Waals surface area contributed by atoms with E-state index in [1.807, 2.05) is 6.26 Å². The maximum Gasteiger partial charge on any atom is 0.236 e. The molecular formula is C9H10N4O2S3. The number of carbonyl (C=O) groups is 1. The molecule has 2 aromatic rings. The largest absolute Gasteiger partial charge is 0.360 e. The molecule has 0 spiro atoms. The lowest BCUT2D eigenvalue weighted by atomic mass is 10.5. The first-order chi connectivity index (χ1) is 8.67. The lowest BCUT2D eigenvalue weighted by Crippen LogP contribution is -2.14. The number of nitrogens with zero attached hydrogens (tertiary/aromatic N) is 3. The fourth-order valence-corrected chi connectivity index (χ4v) is 3.31. The van der Waals surface area contributed by atoms with Crippen LogP contribution in [-0.4, -0.2) is 33.3 Å². The maximum absolute atomic E-state index is 11.6. The molecule has 9 heteroatoms. The predicted octanol–water partition coefficient (Wildman–Crippen LogP) is 2.29. The van der Waals surface area contributed by atoms with Crippen LogP contribution in [0.4, 0.5) is 5.82 Å². The normalized spacial score (nSPS) is 10.6. The van der Waals surface area contributed by atoms with Crippen molar-refractivity contribution in [2.75, 3.05) is 17.3 Å². The van der Waals surface area contributed by atoms with Gasteiger partial charge in [0.15, 0.2) is 14.5 Å². The molecule has 0 atom stereocenters. The van der Waals surface area contributed by atoms with Crippen LogP contribution in [0.1, 0.15) is 5.76 Å². The number of aromatic nitrogens is 3. The SMILES string of the molecule is CSc1nnc(SCC(=O)Nc2cc(C)on2)s1. The molecule has 96 valence electrons. The second-order valence-electron chi connectivity index (χ2n) is 3.20. The van der Waals surface area contributed by atoms with Gasteiger partial charge in [0.05, 0.1) is 5.75 Å². The van der Waals surface area contributed by atoms with Gasteiger partial charge >= 0.3 is 0 Å². The Hall–Kier alpha value is -1.06. The Bertz CT molecular complexity index is 539. The quantitative estimate of drug-likeness (QED) is 0.849. The van der Waals surface area contributed by atoms with Crippen LogP contribution >= 0.6 is 34.9 Å². The Morgan fingerprint density at radius 3 is 2.89 bits per heavy atom. The molecule has 0 aliphatic carbocycles. The first-order valence-corrected chi connectivity index (χ1v) is 7.93. The summed E-state index contributed by atoms with van der Waals surface area (Å²) in [5.41, 5.74) is 0. The Kier molecular flexibility index (Phi) is 4.61. The molecule has 0 aliphatic heterocycles. The van der Waals surface area contributed by atoms with Crippen LogP contribution in [0.15, 0.2) is 19.3 Å². The number of hydrogen-bond donors (Lipinski definition) is 1. The molecule has 0 saturated carbocycles. The molecule has 0 unspecified atom stereocenters. The third kappa shape index (κ3) is 3.72. The van der Waals surface area contributed by atoms with E-state index >= 15 is 0 Å². The number of nitrogens with one attached hydrogen (secondary N) is 1. The first kappa shape index (κ1) is 13.4. The lowest BCUT2D eigenvalue weighted by molar-refractivity contribution is -0.113. The highest BCUT2D eigenvalue weighted by atomic mass is 32.2. The summed E-state index contributed by atoms with van der Waals surface area (Å²) < 4.78 is 6.53. The molecule has 6 nitrogen and oxygen atoms in total. The minimum Gasteiger partial charge on any atom is -0.360 e. The van der Waals surface area contributed by atoms with Gasteiger partial charge in [0.2, 0.25) is 5.91 Å². The van der Waals surface area contributed by atoms with Crippen molar-refractivity contribution in [1.82, 2.24) is 15.4 Å². The van der Waals surface area contributed by atoms with E-state index in [0.29, 0.717) is 11.6 Å². The zero-order chi connectivity index (χ0) is 13.0. The zero-order valence-electron chi connectivity index (χ0n) is 9.67. The van der Waals surface area contributed by atoms with Gasteiger partial charge in [-0.05, 0) is 13.2 Å². The molecule has 1 amide bonds. The topological polar surface area (TPSA) is 80.9 Å². The van der Waals surface area contributed by atoms with Gasteiger partial charge in [-0.25, -0.2) is 0 Å². The van der Waals surface area contributed by atoms with Crippen molar-refractivity contribution in [3.05, 3.63) is 11.8 Å². The smallest absolute Gasteiger partial charge is 0.236 e. The summed E-state index contributed by atoms with van der Waals surface area (Å²) in [7, 11) is 0. The Morgan fingerprint density at radius 2 is 2.28 bits per heavy atom. The van der Waals surface area contributed by atoms with E-state index in [1.54, 1.807) is 13.0 Å². The van der Waals surface area contributed by atoms with E-state index in [9.17, 15) is 4.79 Å². The van der Waals surface area contributed by atoms with Crippen LogP contribution < -0.4 is 5.32 Å². The van der Waals surface area contributed by atoms with E-state index in [0.717, 1.165) is 8.68 Å². The number of amides is 1. The average molecular weight is 302 g/mol. The number of carbonyl (C=O) groups excluding carboxylic acids is 1. The van der Waals surface area contributed by atoms with Crippen LogP contribution in [0.2, 0.25) is 0 Å². The van der Waals surface area contributed by atoms with Crippen molar-refractivity contribution < 1.29 is 9.32 Å². The van der Waals surface area contributed by atoms with Gasteiger partial charge in [-0.1, -0.05) is 40.0 Å². The fraction of sp³-hybridized carbons (Fsp3) is 0.333. The van der Waals surface area contributed by atoms with Crippen molar-refractivity contribution in [3.63, 3.8) is 0 Å². The molecule has 0 aliphatic rings. The van der Waals surface area contributed by atoms with E-state index < -0.39 is 0 Å². The highest BCUT2D eigenvalue weighted by molar-refractivity contribution is 8.03. The van der Waals surface area contributed by atoms with Gasteiger partial charge in [0.25, 0.3) is 0 Å². The maximum atomic E-state index is 11.6. The summed E-state index contributed by atoms with van der Waals surface area (Å²) in [6.45, 7) is 1.77. The molecule has 0 bridgehead atoms. The molecule has 0 saturated heterocycles. The molecular weight excluding hydrogens is 292 g/mol. The summed E-state index contributed by atoms with van der Waals surface area (Å²) in [4.78, 5) is 11.6. The molecule has 2 aromatic heterocycles. The predicted molar refractivity (Wildman–Crippen MR) is 72.3 cm³/mol. The minimum absolute atomic E-state index is 0.144. The highest BCUT2D eigenvalue weighted by Crippen LogP contribution is 2.27. The number of hydrogen-bond acceptors (Lipinski definition) is 8. The van der Waals surface area contributed by atoms with Crippen LogP contribution in [-0.2, 0) is 4.79 Å². The van der Waals surface area contributed by atoms with Gasteiger partial charge in [-0.3, -0.25) is 4.79 Å². The number of rotatable bonds is 5. The van der Waals surface area contributed by atoms with Gasteiger partial charge in [-0.15, -0.1) is 10.2 Å². The Morgan fingerprint density at radius 1 is 1.50 bits per heavy atom. The van der Waals surface area contributed by atoms with Gasteiger partial charge in [0.1, 0.15) is 5.76 Å². The zero-order valence-corrected chi connectivity index (χ0v) is 12.1. The van der Waals surface area contributed by atoms with Crippen LogP contribution in [0, 0.1) is 6.92 Å². The second-order valence-corrected chi connectivity index (χ2v) is 6.45. The molecule has 0 aromatic carbocycles. The van der Waals surface area contributed by atoms with Crippen LogP contribution in [0.25, 0.3) is 0 Å². The van der Waals surface area contributed by atoms with E-state index in [-0.39, 0.29) is 11.7 Å². The average Bonchev–Trinajstić information content (AvgIpc) is 2.95.